The van der Waals surface area contributed by atoms with Crippen molar-refractivity contribution in [2.75, 3.05) is 20.2 Å². The molecule has 0 radical (unpaired) electrons. The minimum Gasteiger partial charge on any atom is -0.495 e. The Morgan fingerprint density at radius 2 is 2.29 bits per heavy atom. The van der Waals surface area contributed by atoms with E-state index in [4.69, 9.17) is 4.74 Å². The number of aryl methyl sites for hydroxylation is 1. The number of ether oxygens (including phenoxy) is 1. The van der Waals surface area contributed by atoms with Gasteiger partial charge in [0, 0.05) is 12.5 Å². The van der Waals surface area contributed by atoms with E-state index in [9.17, 15) is 0 Å². The fourth-order valence-corrected chi connectivity index (χ4v) is 3.97. The number of rotatable bonds is 2. The maximum absolute atomic E-state index is 5.64. The maximum atomic E-state index is 5.64. The predicted molar refractivity (Wildman–Crippen MR) is 72.9 cm³/mol. The van der Waals surface area contributed by atoms with Crippen molar-refractivity contribution in [1.29, 1.82) is 0 Å². The van der Waals surface area contributed by atoms with Gasteiger partial charge in [0.15, 0.2) is 0 Å². The summed E-state index contributed by atoms with van der Waals surface area (Å²) in [4.78, 5) is 0. The molecule has 1 saturated heterocycles. The molecule has 2 aliphatic rings. The van der Waals surface area contributed by atoms with Crippen LogP contribution in [0.1, 0.15) is 35.4 Å². The summed E-state index contributed by atoms with van der Waals surface area (Å²) in [6.07, 6.45) is 4.92. The highest BCUT2D eigenvalue weighted by Gasteiger charge is 2.26. The Morgan fingerprint density at radius 3 is 3.00 bits per heavy atom. The summed E-state index contributed by atoms with van der Waals surface area (Å²) in [5.74, 6) is 1.69. The lowest BCUT2D eigenvalue weighted by molar-refractivity contribution is 0.403. The maximum Gasteiger partial charge on any atom is 0.136 e. The largest absolute Gasteiger partial charge is 0.495 e. The molecular weight excluding hydrogens is 278 g/mol. The van der Waals surface area contributed by atoms with Crippen LogP contribution in [0.2, 0.25) is 0 Å². The van der Waals surface area contributed by atoms with Gasteiger partial charge in [0.2, 0.25) is 0 Å². The lowest BCUT2D eigenvalue weighted by Gasteiger charge is -2.18. The van der Waals surface area contributed by atoms with Crippen molar-refractivity contribution in [3.8, 4) is 5.75 Å². The second-order valence-electron chi connectivity index (χ2n) is 4.99. The molecule has 1 atom stereocenters. The van der Waals surface area contributed by atoms with Gasteiger partial charge in [-0.2, -0.15) is 0 Å². The van der Waals surface area contributed by atoms with Crippen molar-refractivity contribution in [2.45, 2.75) is 31.6 Å². The number of nitrogens with one attached hydrogen (secondary N) is 1. The smallest absolute Gasteiger partial charge is 0.136 e. The molecule has 1 aromatic rings. The molecule has 17 heavy (non-hydrogen) atoms. The second kappa shape index (κ2) is 4.62. The van der Waals surface area contributed by atoms with Gasteiger partial charge in [-0.25, -0.2) is 0 Å². The molecule has 92 valence electrons. The SMILES string of the molecule is COc1c(C2CCNC2)cc2c(c1Br)CCC2. The van der Waals surface area contributed by atoms with Crippen LogP contribution in [0, 0.1) is 0 Å². The van der Waals surface area contributed by atoms with Crippen molar-refractivity contribution < 1.29 is 4.74 Å². The number of hydrogen-bond donors (Lipinski definition) is 1. The average molecular weight is 296 g/mol. The third-order valence-electron chi connectivity index (χ3n) is 4.02. The van der Waals surface area contributed by atoms with Crippen molar-refractivity contribution in [1.82, 2.24) is 5.32 Å². The number of methoxy groups -OCH3 is 1. The fraction of sp³-hybridized carbons (Fsp3) is 0.571. The molecule has 1 unspecified atom stereocenters. The van der Waals surface area contributed by atoms with Crippen LogP contribution in [0.15, 0.2) is 10.5 Å². The lowest BCUT2D eigenvalue weighted by Crippen LogP contribution is -2.09. The van der Waals surface area contributed by atoms with Crippen molar-refractivity contribution in [3.63, 3.8) is 0 Å². The summed E-state index contributed by atoms with van der Waals surface area (Å²) in [5, 5.41) is 3.44. The zero-order valence-electron chi connectivity index (χ0n) is 10.2. The van der Waals surface area contributed by atoms with E-state index in [0.717, 1.165) is 18.8 Å². The summed E-state index contributed by atoms with van der Waals surface area (Å²) in [7, 11) is 1.79. The number of halogens is 1. The van der Waals surface area contributed by atoms with E-state index in [1.165, 1.54) is 46.8 Å². The average Bonchev–Trinajstić information content (AvgIpc) is 2.99. The second-order valence-corrected chi connectivity index (χ2v) is 5.79. The minimum atomic E-state index is 0.618. The molecule has 0 saturated carbocycles. The van der Waals surface area contributed by atoms with E-state index in [1.807, 2.05) is 0 Å². The Bertz CT molecular complexity index is 438. The van der Waals surface area contributed by atoms with Gasteiger partial charge in [0.1, 0.15) is 5.75 Å². The van der Waals surface area contributed by atoms with Crippen molar-refractivity contribution in [2.24, 2.45) is 0 Å². The van der Waals surface area contributed by atoms with E-state index in [2.05, 4.69) is 27.3 Å². The molecule has 0 amide bonds. The Labute approximate surface area is 111 Å². The topological polar surface area (TPSA) is 21.3 Å². The van der Waals surface area contributed by atoms with Crippen LogP contribution >= 0.6 is 15.9 Å². The zero-order chi connectivity index (χ0) is 11.8. The summed E-state index contributed by atoms with van der Waals surface area (Å²) in [6, 6.07) is 2.39. The fourth-order valence-electron chi connectivity index (χ4n) is 3.12. The van der Waals surface area contributed by atoms with E-state index < -0.39 is 0 Å². The molecule has 3 heteroatoms. The highest BCUT2D eigenvalue weighted by Crippen LogP contribution is 2.42. The molecule has 1 N–H and O–H groups in total. The monoisotopic (exact) mass is 295 g/mol. The van der Waals surface area contributed by atoms with Gasteiger partial charge >= 0.3 is 0 Å². The number of benzene rings is 1. The zero-order valence-corrected chi connectivity index (χ0v) is 11.8. The van der Waals surface area contributed by atoms with Gasteiger partial charge in [-0.15, -0.1) is 0 Å². The molecule has 3 rings (SSSR count). The molecule has 1 aromatic carbocycles. The van der Waals surface area contributed by atoms with Crippen LogP contribution < -0.4 is 10.1 Å². The van der Waals surface area contributed by atoms with Gasteiger partial charge in [-0.1, -0.05) is 6.07 Å². The van der Waals surface area contributed by atoms with Crippen LogP contribution in [-0.2, 0) is 12.8 Å². The first-order valence-corrected chi connectivity index (χ1v) is 7.19. The number of fused-ring (bicyclic) bond motifs is 1. The molecular formula is C14H18BrNO. The Kier molecular flexibility index (Phi) is 3.14. The number of hydrogen-bond acceptors (Lipinski definition) is 2. The van der Waals surface area contributed by atoms with Gasteiger partial charge in [-0.05, 0) is 64.8 Å². The molecule has 1 fully saturated rings. The van der Waals surface area contributed by atoms with Crippen LogP contribution in [0.5, 0.6) is 5.75 Å². The molecule has 1 heterocycles. The third-order valence-corrected chi connectivity index (χ3v) is 4.86. The summed E-state index contributed by atoms with van der Waals surface area (Å²) in [6.45, 7) is 2.21. The van der Waals surface area contributed by atoms with Gasteiger partial charge < -0.3 is 10.1 Å². The Balaban J connectivity index is 2.10. The van der Waals surface area contributed by atoms with Gasteiger partial charge in [-0.3, -0.25) is 0 Å². The highest BCUT2D eigenvalue weighted by atomic mass is 79.9. The van der Waals surface area contributed by atoms with E-state index >= 15 is 0 Å². The first kappa shape index (κ1) is 11.5. The van der Waals surface area contributed by atoms with Crippen molar-refractivity contribution in [3.05, 3.63) is 27.2 Å². The van der Waals surface area contributed by atoms with E-state index in [0.29, 0.717) is 5.92 Å². The van der Waals surface area contributed by atoms with Crippen LogP contribution in [0.25, 0.3) is 0 Å². The highest BCUT2D eigenvalue weighted by molar-refractivity contribution is 9.10. The van der Waals surface area contributed by atoms with E-state index in [-0.39, 0.29) is 0 Å². The lowest BCUT2D eigenvalue weighted by atomic mass is 9.94. The molecule has 1 aliphatic heterocycles. The van der Waals surface area contributed by atoms with Gasteiger partial charge in [0.25, 0.3) is 0 Å². The van der Waals surface area contributed by atoms with Crippen LogP contribution in [-0.4, -0.2) is 20.2 Å². The summed E-state index contributed by atoms with van der Waals surface area (Å²) in [5.41, 5.74) is 4.39. The standard InChI is InChI=1S/C14H18BrNO/c1-17-14-12(10-5-6-16-8-10)7-9-3-2-4-11(9)13(14)15/h7,10,16H,2-6,8H2,1H3. The quantitative estimate of drug-likeness (QED) is 0.906. The molecule has 0 bridgehead atoms. The van der Waals surface area contributed by atoms with Crippen molar-refractivity contribution >= 4 is 15.9 Å². The minimum absolute atomic E-state index is 0.618. The van der Waals surface area contributed by atoms with Crippen LogP contribution in [0.4, 0.5) is 0 Å². The predicted octanol–water partition coefficient (Wildman–Crippen LogP) is 3.02. The Hall–Kier alpha value is -0.540. The first-order valence-electron chi connectivity index (χ1n) is 6.40. The van der Waals surface area contributed by atoms with Gasteiger partial charge in [0.05, 0.1) is 11.6 Å². The molecule has 1 aliphatic carbocycles. The third kappa shape index (κ3) is 1.89. The molecule has 2 nitrogen and oxygen atoms in total. The molecule has 0 spiro atoms. The summed E-state index contributed by atoms with van der Waals surface area (Å²) >= 11 is 3.74. The summed E-state index contributed by atoms with van der Waals surface area (Å²) < 4.78 is 6.84. The van der Waals surface area contributed by atoms with Crippen LogP contribution in [0.3, 0.4) is 0 Å². The normalized spacial score (nSPS) is 22.8. The first-order chi connectivity index (χ1) is 8.31. The van der Waals surface area contributed by atoms with E-state index in [1.54, 1.807) is 7.11 Å². The Morgan fingerprint density at radius 1 is 1.41 bits per heavy atom. The molecule has 0 aromatic heterocycles.